The van der Waals surface area contributed by atoms with Gasteiger partial charge in [0.05, 0.1) is 0 Å². The second-order valence-electron chi connectivity index (χ2n) is 4.87. The number of aromatic nitrogens is 2. The lowest BCUT2D eigenvalue weighted by molar-refractivity contribution is 0.139. The molecule has 1 aliphatic heterocycles. The minimum absolute atomic E-state index is 0.634. The Morgan fingerprint density at radius 1 is 1.53 bits per heavy atom. The Balaban J connectivity index is 1.80. The average molecular weight is 238 g/mol. The average Bonchev–Trinajstić information content (AvgIpc) is 2.73. The van der Waals surface area contributed by atoms with Gasteiger partial charge in [0.25, 0.3) is 0 Å². The van der Waals surface area contributed by atoms with Gasteiger partial charge < -0.3 is 14.7 Å². The number of hydrogen-bond acceptors (Lipinski definition) is 5. The van der Waals surface area contributed by atoms with E-state index in [2.05, 4.69) is 34.3 Å². The van der Waals surface area contributed by atoms with Crippen LogP contribution < -0.4 is 5.32 Å². The SMILES string of the molecule is CNC1CCN(CCc2noc(C)n2)C(C)C1. The predicted octanol–water partition coefficient (Wildman–Crippen LogP) is 0.993. The minimum Gasteiger partial charge on any atom is -0.340 e. The molecular formula is C12H22N4O. The Hall–Kier alpha value is -0.940. The molecule has 17 heavy (non-hydrogen) atoms. The highest BCUT2D eigenvalue weighted by Gasteiger charge is 2.24. The molecule has 1 saturated heterocycles. The van der Waals surface area contributed by atoms with E-state index in [1.165, 1.54) is 12.8 Å². The van der Waals surface area contributed by atoms with Crippen LogP contribution in [0.1, 0.15) is 31.5 Å². The molecule has 2 atom stereocenters. The second kappa shape index (κ2) is 5.60. The first-order valence-corrected chi connectivity index (χ1v) is 6.39. The van der Waals surface area contributed by atoms with Crippen molar-refractivity contribution in [2.45, 2.75) is 45.2 Å². The first kappa shape index (κ1) is 12.5. The molecule has 2 heterocycles. The van der Waals surface area contributed by atoms with Gasteiger partial charge in [-0.1, -0.05) is 5.16 Å². The zero-order chi connectivity index (χ0) is 12.3. The third-order valence-electron chi connectivity index (χ3n) is 3.61. The molecule has 1 aromatic rings. The van der Waals surface area contributed by atoms with Crippen molar-refractivity contribution >= 4 is 0 Å². The van der Waals surface area contributed by atoms with Gasteiger partial charge in [-0.25, -0.2) is 0 Å². The molecule has 0 aliphatic carbocycles. The maximum absolute atomic E-state index is 4.98. The van der Waals surface area contributed by atoms with Gasteiger partial charge in [-0.05, 0) is 33.4 Å². The van der Waals surface area contributed by atoms with E-state index < -0.39 is 0 Å². The molecule has 1 aromatic heterocycles. The number of nitrogens with zero attached hydrogens (tertiary/aromatic N) is 3. The molecule has 0 bridgehead atoms. The van der Waals surface area contributed by atoms with Crippen molar-refractivity contribution in [3.05, 3.63) is 11.7 Å². The van der Waals surface area contributed by atoms with Crippen LogP contribution in [0, 0.1) is 6.92 Å². The summed E-state index contributed by atoms with van der Waals surface area (Å²) in [6.45, 7) is 6.31. The fourth-order valence-corrected chi connectivity index (χ4v) is 2.50. The quantitative estimate of drug-likeness (QED) is 0.848. The monoisotopic (exact) mass is 238 g/mol. The maximum Gasteiger partial charge on any atom is 0.223 e. The molecule has 5 heteroatoms. The fraction of sp³-hybridized carbons (Fsp3) is 0.833. The van der Waals surface area contributed by atoms with Crippen LogP contribution in [-0.2, 0) is 6.42 Å². The van der Waals surface area contributed by atoms with Gasteiger partial charge in [0.2, 0.25) is 5.89 Å². The van der Waals surface area contributed by atoms with Gasteiger partial charge in [-0.3, -0.25) is 0 Å². The van der Waals surface area contributed by atoms with E-state index in [4.69, 9.17) is 4.52 Å². The molecule has 96 valence electrons. The van der Waals surface area contributed by atoms with E-state index in [0.29, 0.717) is 18.0 Å². The lowest BCUT2D eigenvalue weighted by Crippen LogP contribution is -2.47. The molecule has 0 radical (unpaired) electrons. The summed E-state index contributed by atoms with van der Waals surface area (Å²) in [6.07, 6.45) is 3.33. The van der Waals surface area contributed by atoms with Gasteiger partial charge in [-0.15, -0.1) is 0 Å². The highest BCUT2D eigenvalue weighted by molar-refractivity contribution is 4.88. The molecule has 0 amide bonds. The highest BCUT2D eigenvalue weighted by Crippen LogP contribution is 2.17. The first-order valence-electron chi connectivity index (χ1n) is 6.39. The normalized spacial score (nSPS) is 26.3. The van der Waals surface area contributed by atoms with Crippen LogP contribution in [0.2, 0.25) is 0 Å². The van der Waals surface area contributed by atoms with Gasteiger partial charge >= 0.3 is 0 Å². The highest BCUT2D eigenvalue weighted by atomic mass is 16.5. The van der Waals surface area contributed by atoms with Crippen LogP contribution >= 0.6 is 0 Å². The van der Waals surface area contributed by atoms with Crippen molar-refractivity contribution in [3.63, 3.8) is 0 Å². The van der Waals surface area contributed by atoms with E-state index in [-0.39, 0.29) is 0 Å². The second-order valence-corrected chi connectivity index (χ2v) is 4.87. The number of rotatable bonds is 4. The summed E-state index contributed by atoms with van der Waals surface area (Å²) in [7, 11) is 2.05. The Morgan fingerprint density at radius 2 is 2.35 bits per heavy atom. The molecule has 2 unspecified atom stereocenters. The number of aryl methyl sites for hydroxylation is 1. The lowest BCUT2D eigenvalue weighted by atomic mass is 9.98. The zero-order valence-electron chi connectivity index (χ0n) is 10.9. The Kier molecular flexibility index (Phi) is 4.12. The Morgan fingerprint density at radius 3 is 2.94 bits per heavy atom. The standard InChI is InChI=1S/C12H22N4O/c1-9-8-11(13-3)4-6-16(9)7-5-12-14-10(2)17-15-12/h9,11,13H,4-8H2,1-3H3. The Labute approximate surface area is 103 Å². The minimum atomic E-state index is 0.634. The Bertz CT molecular complexity index is 352. The van der Waals surface area contributed by atoms with E-state index in [1.807, 2.05) is 6.92 Å². The summed E-state index contributed by atoms with van der Waals surface area (Å²) in [4.78, 5) is 6.75. The maximum atomic E-state index is 4.98. The third kappa shape index (κ3) is 3.26. The summed E-state index contributed by atoms with van der Waals surface area (Å²) in [5.74, 6) is 1.48. The number of likely N-dealkylation sites (tertiary alicyclic amines) is 1. The van der Waals surface area contributed by atoms with Crippen molar-refractivity contribution in [1.82, 2.24) is 20.4 Å². The summed E-state index contributed by atoms with van der Waals surface area (Å²) in [5, 5.41) is 7.30. The number of piperidine rings is 1. The van der Waals surface area contributed by atoms with Gasteiger partial charge in [-0.2, -0.15) is 4.98 Å². The molecule has 2 rings (SSSR count). The predicted molar refractivity (Wildman–Crippen MR) is 65.9 cm³/mol. The molecule has 0 aromatic carbocycles. The molecule has 0 saturated carbocycles. The first-order chi connectivity index (χ1) is 8.19. The van der Waals surface area contributed by atoms with Gasteiger partial charge in [0, 0.05) is 32.0 Å². The summed E-state index contributed by atoms with van der Waals surface area (Å²) in [6, 6.07) is 1.31. The van der Waals surface area contributed by atoms with Crippen molar-refractivity contribution in [1.29, 1.82) is 0 Å². The summed E-state index contributed by atoms with van der Waals surface area (Å²) in [5.41, 5.74) is 0. The van der Waals surface area contributed by atoms with Crippen LogP contribution in [0.15, 0.2) is 4.52 Å². The van der Waals surface area contributed by atoms with E-state index in [1.54, 1.807) is 0 Å². The fourth-order valence-electron chi connectivity index (χ4n) is 2.50. The molecule has 0 spiro atoms. The molecule has 5 nitrogen and oxygen atoms in total. The van der Waals surface area contributed by atoms with Crippen LogP contribution in [0.25, 0.3) is 0 Å². The smallest absolute Gasteiger partial charge is 0.223 e. The number of hydrogen-bond donors (Lipinski definition) is 1. The molecule has 1 fully saturated rings. The van der Waals surface area contributed by atoms with Crippen LogP contribution in [0.4, 0.5) is 0 Å². The third-order valence-corrected chi connectivity index (χ3v) is 3.61. The largest absolute Gasteiger partial charge is 0.340 e. The van der Waals surface area contributed by atoms with Gasteiger partial charge in [0.15, 0.2) is 5.82 Å². The molecule has 1 aliphatic rings. The molecular weight excluding hydrogens is 216 g/mol. The van der Waals surface area contributed by atoms with Crippen molar-refractivity contribution in [3.8, 4) is 0 Å². The summed E-state index contributed by atoms with van der Waals surface area (Å²) < 4.78 is 4.98. The van der Waals surface area contributed by atoms with E-state index in [0.717, 1.165) is 25.3 Å². The topological polar surface area (TPSA) is 54.2 Å². The van der Waals surface area contributed by atoms with Crippen LogP contribution in [0.3, 0.4) is 0 Å². The van der Waals surface area contributed by atoms with Crippen LogP contribution in [-0.4, -0.2) is 47.3 Å². The van der Waals surface area contributed by atoms with Crippen LogP contribution in [0.5, 0.6) is 0 Å². The number of nitrogens with one attached hydrogen (secondary N) is 1. The van der Waals surface area contributed by atoms with E-state index >= 15 is 0 Å². The zero-order valence-corrected chi connectivity index (χ0v) is 10.9. The summed E-state index contributed by atoms with van der Waals surface area (Å²) >= 11 is 0. The molecule has 1 N–H and O–H groups in total. The van der Waals surface area contributed by atoms with Crippen molar-refractivity contribution < 1.29 is 4.52 Å². The van der Waals surface area contributed by atoms with Crippen molar-refractivity contribution in [2.75, 3.05) is 20.1 Å². The lowest BCUT2D eigenvalue weighted by Gasteiger charge is -2.37. The van der Waals surface area contributed by atoms with Gasteiger partial charge in [0.1, 0.15) is 0 Å². The van der Waals surface area contributed by atoms with E-state index in [9.17, 15) is 0 Å². The van der Waals surface area contributed by atoms with Crippen molar-refractivity contribution in [2.24, 2.45) is 0 Å².